The fraction of sp³-hybridized carbons (Fsp3) is 0.462. The second-order valence-electron chi connectivity index (χ2n) is 9.82. The summed E-state index contributed by atoms with van der Waals surface area (Å²) in [6.45, 7) is 12.5. The summed E-state index contributed by atoms with van der Waals surface area (Å²) in [6.07, 6.45) is 2.24. The van der Waals surface area contributed by atoms with Crippen molar-refractivity contribution in [1.29, 1.82) is 0 Å². The molecule has 1 aliphatic rings. The highest BCUT2D eigenvalue weighted by Gasteiger charge is 2.41. The van der Waals surface area contributed by atoms with Crippen molar-refractivity contribution in [2.45, 2.75) is 52.6 Å². The molecule has 156 valence electrons. The quantitative estimate of drug-likeness (QED) is 0.433. The van der Waals surface area contributed by atoms with E-state index in [9.17, 15) is 0 Å². The van der Waals surface area contributed by atoms with Gasteiger partial charge in [0.25, 0.3) is 0 Å². The number of hydrogen-bond donors (Lipinski definition) is 0. The first-order chi connectivity index (χ1) is 13.9. The normalized spacial score (nSPS) is 20.3. The number of benzene rings is 2. The van der Waals surface area contributed by atoms with Crippen LogP contribution < -0.4 is 0 Å². The smallest absolute Gasteiger partial charge is 0.0717 e. The molecule has 2 nitrogen and oxygen atoms in total. The van der Waals surface area contributed by atoms with E-state index in [1.54, 1.807) is 5.57 Å². The van der Waals surface area contributed by atoms with Crippen LogP contribution in [-0.4, -0.2) is 21.3 Å². The van der Waals surface area contributed by atoms with Gasteiger partial charge in [-0.15, -0.1) is 0 Å². The lowest BCUT2D eigenvalue weighted by molar-refractivity contribution is -0.0304. The molecule has 3 rings (SSSR count). The average molecular weight is 409 g/mol. The Morgan fingerprint density at radius 3 is 1.79 bits per heavy atom. The molecule has 0 aliphatic heterocycles. The topological polar surface area (TPSA) is 18.5 Å². The lowest BCUT2D eigenvalue weighted by atomic mass is 9.87. The van der Waals surface area contributed by atoms with Gasteiger partial charge in [0.2, 0.25) is 0 Å². The minimum absolute atomic E-state index is 0.0778. The SMILES string of the molecule is CC1CC(COCc2ccccc2)(COCc2ccccc2)CC1=C[Si](C)(C)C. The van der Waals surface area contributed by atoms with Crippen LogP contribution in [-0.2, 0) is 22.7 Å². The van der Waals surface area contributed by atoms with Crippen molar-refractivity contribution in [2.24, 2.45) is 11.3 Å². The Bertz CT molecular complexity index is 732. The second kappa shape index (κ2) is 9.88. The lowest BCUT2D eigenvalue weighted by Gasteiger charge is -2.29. The zero-order valence-corrected chi connectivity index (χ0v) is 19.5. The maximum Gasteiger partial charge on any atom is 0.0717 e. The van der Waals surface area contributed by atoms with Crippen LogP contribution in [0.4, 0.5) is 0 Å². The van der Waals surface area contributed by atoms with E-state index >= 15 is 0 Å². The fourth-order valence-corrected chi connectivity index (χ4v) is 5.89. The van der Waals surface area contributed by atoms with Gasteiger partial charge in [0.15, 0.2) is 0 Å². The van der Waals surface area contributed by atoms with Crippen molar-refractivity contribution in [3.05, 3.63) is 83.1 Å². The predicted octanol–water partition coefficient (Wildman–Crippen LogP) is 6.64. The van der Waals surface area contributed by atoms with E-state index in [2.05, 4.69) is 92.9 Å². The van der Waals surface area contributed by atoms with E-state index in [0.29, 0.717) is 19.1 Å². The summed E-state index contributed by atoms with van der Waals surface area (Å²) >= 11 is 0. The largest absolute Gasteiger partial charge is 0.376 e. The van der Waals surface area contributed by atoms with Crippen molar-refractivity contribution in [3.8, 4) is 0 Å². The molecule has 3 heteroatoms. The summed E-state index contributed by atoms with van der Waals surface area (Å²) in [5.41, 5.74) is 6.77. The van der Waals surface area contributed by atoms with Gasteiger partial charge in [0.1, 0.15) is 0 Å². The second-order valence-corrected chi connectivity index (χ2v) is 14.8. The molecule has 0 N–H and O–H groups in total. The molecular formula is C26H36O2Si. The molecule has 1 aliphatic carbocycles. The summed E-state index contributed by atoms with van der Waals surface area (Å²) in [6, 6.07) is 20.9. The highest BCUT2D eigenvalue weighted by atomic mass is 28.3. The van der Waals surface area contributed by atoms with E-state index in [1.165, 1.54) is 11.1 Å². The van der Waals surface area contributed by atoms with Crippen molar-refractivity contribution in [3.63, 3.8) is 0 Å². The minimum Gasteiger partial charge on any atom is -0.376 e. The number of rotatable bonds is 9. The molecule has 1 atom stereocenters. The average Bonchev–Trinajstić information content (AvgIpc) is 2.97. The van der Waals surface area contributed by atoms with Gasteiger partial charge in [0.05, 0.1) is 34.5 Å². The van der Waals surface area contributed by atoms with Gasteiger partial charge in [-0.05, 0) is 29.9 Å². The van der Waals surface area contributed by atoms with E-state index in [4.69, 9.17) is 9.47 Å². The first-order valence-corrected chi connectivity index (χ1v) is 14.4. The van der Waals surface area contributed by atoms with Crippen LogP contribution in [0.25, 0.3) is 0 Å². The van der Waals surface area contributed by atoms with E-state index in [0.717, 1.165) is 26.1 Å². The Morgan fingerprint density at radius 2 is 1.34 bits per heavy atom. The Hall–Kier alpha value is -1.68. The maximum atomic E-state index is 6.24. The van der Waals surface area contributed by atoms with Gasteiger partial charge in [-0.25, -0.2) is 0 Å². The molecule has 0 bridgehead atoms. The van der Waals surface area contributed by atoms with Gasteiger partial charge in [0, 0.05) is 5.41 Å². The molecule has 29 heavy (non-hydrogen) atoms. The first-order valence-electron chi connectivity index (χ1n) is 10.8. The molecule has 0 aromatic heterocycles. The lowest BCUT2D eigenvalue weighted by Crippen LogP contribution is -2.30. The molecule has 0 saturated heterocycles. The van der Waals surface area contributed by atoms with Gasteiger partial charge in [-0.2, -0.15) is 0 Å². The van der Waals surface area contributed by atoms with Gasteiger partial charge >= 0.3 is 0 Å². The van der Waals surface area contributed by atoms with Crippen LogP contribution in [0.5, 0.6) is 0 Å². The third kappa shape index (κ3) is 6.95. The third-order valence-corrected chi connectivity index (χ3v) is 6.85. The Labute approximate surface area is 178 Å². The molecule has 1 saturated carbocycles. The Balaban J connectivity index is 1.66. The van der Waals surface area contributed by atoms with Crippen LogP contribution in [0.15, 0.2) is 71.9 Å². The zero-order valence-electron chi connectivity index (χ0n) is 18.5. The summed E-state index contributed by atoms with van der Waals surface area (Å²) in [5, 5.41) is 0. The maximum absolute atomic E-state index is 6.24. The molecule has 0 amide bonds. The third-order valence-electron chi connectivity index (χ3n) is 5.61. The Morgan fingerprint density at radius 1 is 0.862 bits per heavy atom. The van der Waals surface area contributed by atoms with Gasteiger partial charge < -0.3 is 9.47 Å². The van der Waals surface area contributed by atoms with Crippen LogP contribution in [0.2, 0.25) is 19.6 Å². The van der Waals surface area contributed by atoms with Crippen molar-refractivity contribution >= 4 is 8.07 Å². The highest BCUT2D eigenvalue weighted by molar-refractivity contribution is 6.81. The van der Waals surface area contributed by atoms with Crippen LogP contribution in [0.3, 0.4) is 0 Å². The predicted molar refractivity (Wildman–Crippen MR) is 124 cm³/mol. The zero-order chi connectivity index (χ0) is 20.7. The molecular weight excluding hydrogens is 372 g/mol. The summed E-state index contributed by atoms with van der Waals surface area (Å²) in [4.78, 5) is 0. The van der Waals surface area contributed by atoms with Crippen molar-refractivity contribution in [2.75, 3.05) is 13.2 Å². The summed E-state index contributed by atoms with van der Waals surface area (Å²) < 4.78 is 12.5. The molecule has 0 spiro atoms. The molecule has 0 heterocycles. The van der Waals surface area contributed by atoms with Crippen LogP contribution in [0.1, 0.15) is 30.9 Å². The van der Waals surface area contributed by atoms with Crippen molar-refractivity contribution < 1.29 is 9.47 Å². The first kappa shape index (κ1) is 22.0. The number of hydrogen-bond acceptors (Lipinski definition) is 2. The molecule has 2 aromatic rings. The summed E-state index contributed by atoms with van der Waals surface area (Å²) in [5.74, 6) is 0.613. The number of ether oxygens (including phenoxy) is 2. The van der Waals surface area contributed by atoms with Gasteiger partial charge in [-0.3, -0.25) is 0 Å². The van der Waals surface area contributed by atoms with Crippen molar-refractivity contribution in [1.82, 2.24) is 0 Å². The van der Waals surface area contributed by atoms with E-state index < -0.39 is 8.07 Å². The van der Waals surface area contributed by atoms with Gasteiger partial charge in [-0.1, -0.05) is 98.5 Å². The minimum atomic E-state index is -1.24. The molecule has 2 aromatic carbocycles. The van der Waals surface area contributed by atoms with Crippen LogP contribution in [0, 0.1) is 11.3 Å². The molecule has 1 fully saturated rings. The van der Waals surface area contributed by atoms with E-state index in [-0.39, 0.29) is 5.41 Å². The van der Waals surface area contributed by atoms with Crippen LogP contribution >= 0.6 is 0 Å². The monoisotopic (exact) mass is 408 g/mol. The molecule has 1 unspecified atom stereocenters. The summed E-state index contributed by atoms with van der Waals surface area (Å²) in [7, 11) is -1.24. The highest BCUT2D eigenvalue weighted by Crippen LogP contribution is 2.46. The van der Waals surface area contributed by atoms with E-state index in [1.807, 2.05) is 0 Å². The fourth-order valence-electron chi connectivity index (χ4n) is 4.39. The number of allylic oxidation sites excluding steroid dienone is 1. The Kier molecular flexibility index (Phi) is 7.50. The standard InChI is InChI=1S/C26H36O2Si/c1-22-15-26(16-25(22)19-29(2,3)4,20-27-17-23-11-7-5-8-12-23)21-28-18-24-13-9-6-10-14-24/h5-14,19,22H,15-18,20-21H2,1-4H3. The molecule has 0 radical (unpaired) electrons.